The number of fused-ring (bicyclic) bond motifs is 1. The lowest BCUT2D eigenvalue weighted by Crippen LogP contribution is -2.38. The number of carbonyl (C=O) groups is 1. The van der Waals surface area contributed by atoms with Gasteiger partial charge in [-0.25, -0.2) is 17.8 Å². The number of benzene rings is 2. The molecule has 1 amide bonds. The third kappa shape index (κ3) is 5.72. The van der Waals surface area contributed by atoms with E-state index >= 15 is 0 Å². The Labute approximate surface area is 210 Å². The van der Waals surface area contributed by atoms with Gasteiger partial charge in [0.15, 0.2) is 5.13 Å². The Morgan fingerprint density at radius 1 is 1.03 bits per heavy atom. The van der Waals surface area contributed by atoms with Crippen molar-refractivity contribution in [2.75, 3.05) is 39.1 Å². The number of likely N-dealkylation sites (N-methyl/N-ethyl adjacent to an activating group) is 1. The van der Waals surface area contributed by atoms with E-state index in [0.29, 0.717) is 34.0 Å². The van der Waals surface area contributed by atoms with Crippen LogP contribution in [-0.2, 0) is 10.0 Å². The van der Waals surface area contributed by atoms with Crippen molar-refractivity contribution in [3.63, 3.8) is 0 Å². The minimum absolute atomic E-state index is 0.0143. The fourth-order valence-electron chi connectivity index (χ4n) is 4.32. The van der Waals surface area contributed by atoms with Gasteiger partial charge in [0.25, 0.3) is 5.91 Å². The summed E-state index contributed by atoms with van der Waals surface area (Å²) < 4.78 is 42.1. The van der Waals surface area contributed by atoms with Gasteiger partial charge in [0.2, 0.25) is 10.0 Å². The number of hydrogen-bond donors (Lipinski definition) is 0. The Balaban J connectivity index is 1.59. The molecule has 0 aliphatic heterocycles. The molecule has 0 radical (unpaired) electrons. The van der Waals surface area contributed by atoms with Gasteiger partial charge in [-0.2, -0.15) is 4.31 Å². The van der Waals surface area contributed by atoms with Gasteiger partial charge >= 0.3 is 0 Å². The predicted octanol–water partition coefficient (Wildman–Crippen LogP) is 4.60. The first-order valence-electron chi connectivity index (χ1n) is 11.8. The topological polar surface area (TPSA) is 73.8 Å². The molecule has 2 aromatic carbocycles. The van der Waals surface area contributed by atoms with Crippen molar-refractivity contribution in [2.24, 2.45) is 0 Å². The van der Waals surface area contributed by atoms with E-state index in [9.17, 15) is 17.6 Å². The van der Waals surface area contributed by atoms with Crippen LogP contribution < -0.4 is 4.90 Å². The Morgan fingerprint density at radius 2 is 1.71 bits per heavy atom. The third-order valence-corrected chi connectivity index (χ3v) is 9.42. The van der Waals surface area contributed by atoms with Gasteiger partial charge in [-0.05, 0) is 69.4 Å². The minimum atomic E-state index is -3.64. The molecule has 0 spiro atoms. The van der Waals surface area contributed by atoms with Crippen molar-refractivity contribution in [3.05, 3.63) is 53.8 Å². The first-order chi connectivity index (χ1) is 16.7. The highest BCUT2D eigenvalue weighted by atomic mass is 32.2. The molecule has 1 fully saturated rings. The molecule has 7 nitrogen and oxygen atoms in total. The van der Waals surface area contributed by atoms with Crippen LogP contribution in [0.5, 0.6) is 0 Å². The zero-order valence-corrected chi connectivity index (χ0v) is 21.9. The number of amides is 1. The summed E-state index contributed by atoms with van der Waals surface area (Å²) in [4.78, 5) is 21.7. The number of carbonyl (C=O) groups excluding carboxylic acids is 1. The summed E-state index contributed by atoms with van der Waals surface area (Å²) in [6, 6.07) is 10.5. The summed E-state index contributed by atoms with van der Waals surface area (Å²) in [5.41, 5.74) is 0.995. The van der Waals surface area contributed by atoms with E-state index in [1.165, 1.54) is 39.9 Å². The second-order valence-corrected chi connectivity index (χ2v) is 12.2. The first-order valence-corrected chi connectivity index (χ1v) is 14.0. The van der Waals surface area contributed by atoms with Gasteiger partial charge in [-0.15, -0.1) is 0 Å². The average molecular weight is 519 g/mol. The molecule has 1 saturated carbocycles. The van der Waals surface area contributed by atoms with Gasteiger partial charge < -0.3 is 4.90 Å². The van der Waals surface area contributed by atoms with E-state index < -0.39 is 10.0 Å². The summed E-state index contributed by atoms with van der Waals surface area (Å²) in [6.45, 7) is 0.993. The van der Waals surface area contributed by atoms with E-state index in [1.807, 2.05) is 19.0 Å². The maximum absolute atomic E-state index is 13.7. The van der Waals surface area contributed by atoms with E-state index in [1.54, 1.807) is 30.1 Å². The number of hydrogen-bond acceptors (Lipinski definition) is 6. The van der Waals surface area contributed by atoms with Crippen molar-refractivity contribution in [2.45, 2.75) is 43.0 Å². The maximum Gasteiger partial charge on any atom is 0.260 e. The summed E-state index contributed by atoms with van der Waals surface area (Å²) in [5, 5.41) is 0.478. The molecule has 1 aliphatic carbocycles. The molecule has 0 saturated heterocycles. The van der Waals surface area contributed by atoms with Crippen LogP contribution in [0.1, 0.15) is 42.5 Å². The largest absolute Gasteiger partial charge is 0.308 e. The normalized spacial score (nSPS) is 15.3. The zero-order chi connectivity index (χ0) is 25.2. The molecule has 1 heterocycles. The highest BCUT2D eigenvalue weighted by molar-refractivity contribution is 7.89. The summed E-state index contributed by atoms with van der Waals surface area (Å²) in [5.74, 6) is -0.634. The second kappa shape index (κ2) is 10.7. The molecule has 1 aliphatic rings. The highest BCUT2D eigenvalue weighted by Gasteiger charge is 2.29. The Bertz CT molecular complexity index is 1290. The molecule has 3 aromatic rings. The van der Waals surface area contributed by atoms with Crippen LogP contribution in [0.15, 0.2) is 47.4 Å². The van der Waals surface area contributed by atoms with Gasteiger partial charge in [0.1, 0.15) is 5.82 Å². The lowest BCUT2D eigenvalue weighted by molar-refractivity contribution is 0.0985. The van der Waals surface area contributed by atoms with Crippen LogP contribution in [0.2, 0.25) is 0 Å². The molecular weight excluding hydrogens is 487 g/mol. The predicted molar refractivity (Wildman–Crippen MR) is 138 cm³/mol. The van der Waals surface area contributed by atoms with Crippen molar-refractivity contribution in [3.8, 4) is 0 Å². The van der Waals surface area contributed by atoms with E-state index in [4.69, 9.17) is 0 Å². The number of anilines is 1. The SMILES string of the molecule is CN(C)CCN(C(=O)c1ccc(S(=O)(=O)N(C)C2CCCCC2)cc1)c1nc2ccc(F)cc2s1. The lowest BCUT2D eigenvalue weighted by Gasteiger charge is -2.30. The van der Waals surface area contributed by atoms with Crippen molar-refractivity contribution < 1.29 is 17.6 Å². The zero-order valence-electron chi connectivity index (χ0n) is 20.3. The quantitative estimate of drug-likeness (QED) is 0.436. The van der Waals surface area contributed by atoms with Crippen LogP contribution in [-0.4, -0.2) is 68.8 Å². The van der Waals surface area contributed by atoms with Crippen LogP contribution in [0.25, 0.3) is 10.2 Å². The van der Waals surface area contributed by atoms with Gasteiger partial charge in [-0.3, -0.25) is 9.69 Å². The standard InChI is InChI=1S/C25H31FN4O3S2/c1-28(2)15-16-30(25-27-22-14-11-19(26)17-23(22)34-25)24(31)18-9-12-21(13-10-18)35(32,33)29(3)20-7-5-4-6-8-20/h9-14,17,20H,4-8,15-16H2,1-3H3. The molecule has 0 unspecified atom stereocenters. The van der Waals surface area contributed by atoms with E-state index in [2.05, 4.69) is 4.98 Å². The van der Waals surface area contributed by atoms with Gasteiger partial charge in [-0.1, -0.05) is 30.6 Å². The molecule has 4 rings (SSSR count). The fraction of sp³-hybridized carbons (Fsp3) is 0.440. The van der Waals surface area contributed by atoms with Crippen LogP contribution >= 0.6 is 11.3 Å². The maximum atomic E-state index is 13.7. The van der Waals surface area contributed by atoms with Crippen LogP contribution in [0.4, 0.5) is 9.52 Å². The first kappa shape index (κ1) is 25.7. The van der Waals surface area contributed by atoms with Gasteiger partial charge in [0, 0.05) is 31.7 Å². The molecule has 188 valence electrons. The van der Waals surface area contributed by atoms with E-state index in [-0.39, 0.29) is 22.7 Å². The summed E-state index contributed by atoms with van der Waals surface area (Å²) >= 11 is 1.25. The third-order valence-electron chi connectivity index (χ3n) is 6.45. The average Bonchev–Trinajstić information content (AvgIpc) is 3.26. The smallest absolute Gasteiger partial charge is 0.260 e. The van der Waals surface area contributed by atoms with Crippen molar-refractivity contribution >= 4 is 42.6 Å². The monoisotopic (exact) mass is 518 g/mol. The number of rotatable bonds is 8. The number of thiazole rings is 1. The number of aromatic nitrogens is 1. The Morgan fingerprint density at radius 3 is 2.37 bits per heavy atom. The minimum Gasteiger partial charge on any atom is -0.308 e. The summed E-state index contributed by atoms with van der Waals surface area (Å²) in [6.07, 6.45) is 4.98. The fourth-order valence-corrected chi connectivity index (χ4v) is 6.75. The molecule has 1 aromatic heterocycles. The number of nitrogens with zero attached hydrogens (tertiary/aromatic N) is 4. The van der Waals surface area contributed by atoms with Gasteiger partial charge in [0.05, 0.1) is 15.1 Å². The molecule has 35 heavy (non-hydrogen) atoms. The Hall–Kier alpha value is -2.40. The molecule has 0 bridgehead atoms. The van der Waals surface area contributed by atoms with Crippen molar-refractivity contribution in [1.29, 1.82) is 0 Å². The number of sulfonamides is 1. The molecule has 0 atom stereocenters. The number of halogens is 1. The second-order valence-electron chi connectivity index (χ2n) is 9.21. The highest BCUT2D eigenvalue weighted by Crippen LogP contribution is 2.31. The molecule has 10 heteroatoms. The van der Waals surface area contributed by atoms with Crippen molar-refractivity contribution in [1.82, 2.24) is 14.2 Å². The Kier molecular flexibility index (Phi) is 7.85. The van der Waals surface area contributed by atoms with Crippen LogP contribution in [0, 0.1) is 5.82 Å². The molecular formula is C25H31FN4O3S2. The van der Waals surface area contributed by atoms with E-state index in [0.717, 1.165) is 32.1 Å². The van der Waals surface area contributed by atoms with Crippen LogP contribution in [0.3, 0.4) is 0 Å². The lowest BCUT2D eigenvalue weighted by atomic mass is 9.96. The molecule has 0 N–H and O–H groups in total. The summed E-state index contributed by atoms with van der Waals surface area (Å²) in [7, 11) is 1.83.